The normalized spacial score (nSPS) is 10.8. The Morgan fingerprint density at radius 1 is 1.25 bits per heavy atom. The van der Waals surface area contributed by atoms with Crippen LogP contribution in [0.1, 0.15) is 27.4 Å². The van der Waals surface area contributed by atoms with Crippen LogP contribution in [0.4, 0.5) is 5.82 Å². The summed E-state index contributed by atoms with van der Waals surface area (Å²) in [6, 6.07) is 5.39. The molecule has 0 fully saturated rings. The zero-order valence-corrected chi connectivity index (χ0v) is 15.2. The van der Waals surface area contributed by atoms with Crippen LogP contribution in [0.3, 0.4) is 0 Å². The minimum atomic E-state index is -0.287. The standard InChI is InChI=1S/C16H17BrN6O/c1-10-5-4-7-18-15(10)19-16(24)13-6-8-22(21-13)9-23-12(3)14(17)11(2)20-23/h4-8H,9H2,1-3H3,(H,18,19,24). The van der Waals surface area contributed by atoms with Crippen LogP contribution < -0.4 is 5.32 Å². The van der Waals surface area contributed by atoms with Crippen molar-refractivity contribution < 1.29 is 4.79 Å². The Labute approximate surface area is 147 Å². The van der Waals surface area contributed by atoms with Gasteiger partial charge in [-0.25, -0.2) is 9.67 Å². The number of aromatic nitrogens is 5. The minimum Gasteiger partial charge on any atom is -0.305 e. The highest BCUT2D eigenvalue weighted by Crippen LogP contribution is 2.19. The molecule has 3 aromatic rings. The molecular weight excluding hydrogens is 372 g/mol. The third-order valence-electron chi connectivity index (χ3n) is 3.69. The van der Waals surface area contributed by atoms with Gasteiger partial charge in [-0.3, -0.25) is 9.48 Å². The summed E-state index contributed by atoms with van der Waals surface area (Å²) in [7, 11) is 0. The van der Waals surface area contributed by atoms with Gasteiger partial charge in [0.2, 0.25) is 0 Å². The first-order valence-electron chi connectivity index (χ1n) is 7.41. The van der Waals surface area contributed by atoms with E-state index in [4.69, 9.17) is 0 Å². The topological polar surface area (TPSA) is 77.6 Å². The maximum absolute atomic E-state index is 12.3. The molecule has 7 nitrogen and oxygen atoms in total. The average molecular weight is 389 g/mol. The SMILES string of the molecule is Cc1cccnc1NC(=O)c1ccn(Cn2nc(C)c(Br)c2C)n1. The number of amides is 1. The second-order valence-electron chi connectivity index (χ2n) is 5.49. The monoisotopic (exact) mass is 388 g/mol. The average Bonchev–Trinajstić information content (AvgIpc) is 3.11. The van der Waals surface area contributed by atoms with E-state index >= 15 is 0 Å². The van der Waals surface area contributed by atoms with Gasteiger partial charge in [-0.15, -0.1) is 0 Å². The molecule has 8 heteroatoms. The van der Waals surface area contributed by atoms with Gasteiger partial charge in [-0.1, -0.05) is 6.07 Å². The number of hydrogen-bond donors (Lipinski definition) is 1. The second-order valence-corrected chi connectivity index (χ2v) is 6.28. The molecular formula is C16H17BrN6O. The van der Waals surface area contributed by atoms with Crippen molar-refractivity contribution >= 4 is 27.7 Å². The molecule has 0 aliphatic carbocycles. The predicted octanol–water partition coefficient (Wildman–Crippen LogP) is 2.92. The van der Waals surface area contributed by atoms with Crippen LogP contribution in [0.15, 0.2) is 35.1 Å². The minimum absolute atomic E-state index is 0.287. The Balaban J connectivity index is 1.74. The molecule has 0 saturated carbocycles. The molecule has 0 aliphatic rings. The van der Waals surface area contributed by atoms with E-state index in [1.165, 1.54) is 0 Å². The van der Waals surface area contributed by atoms with Gasteiger partial charge in [0, 0.05) is 12.4 Å². The largest absolute Gasteiger partial charge is 0.305 e. The third kappa shape index (κ3) is 3.23. The van der Waals surface area contributed by atoms with Gasteiger partial charge in [-0.05, 0) is 54.4 Å². The molecule has 0 bridgehead atoms. The molecule has 0 unspecified atom stereocenters. The van der Waals surface area contributed by atoms with Crippen LogP contribution >= 0.6 is 15.9 Å². The number of halogens is 1. The summed E-state index contributed by atoms with van der Waals surface area (Å²) in [4.78, 5) is 16.5. The molecule has 1 amide bonds. The fraction of sp³-hybridized carbons (Fsp3) is 0.250. The van der Waals surface area contributed by atoms with Crippen molar-refractivity contribution in [2.75, 3.05) is 5.32 Å². The fourth-order valence-electron chi connectivity index (χ4n) is 2.30. The number of carbonyl (C=O) groups excluding carboxylic acids is 1. The van der Waals surface area contributed by atoms with E-state index in [1.807, 2.05) is 37.6 Å². The van der Waals surface area contributed by atoms with Crippen molar-refractivity contribution in [1.82, 2.24) is 24.5 Å². The molecule has 24 heavy (non-hydrogen) atoms. The Hall–Kier alpha value is -2.48. The Bertz CT molecular complexity index is 898. The third-order valence-corrected chi connectivity index (χ3v) is 4.83. The van der Waals surface area contributed by atoms with Crippen LogP contribution in [0.25, 0.3) is 0 Å². The maximum atomic E-state index is 12.3. The van der Waals surface area contributed by atoms with Crippen molar-refractivity contribution in [2.24, 2.45) is 0 Å². The number of rotatable bonds is 4. The first-order valence-corrected chi connectivity index (χ1v) is 8.21. The summed E-state index contributed by atoms with van der Waals surface area (Å²) in [5.74, 6) is 0.254. The lowest BCUT2D eigenvalue weighted by Gasteiger charge is -2.06. The quantitative estimate of drug-likeness (QED) is 0.745. The lowest BCUT2D eigenvalue weighted by molar-refractivity contribution is 0.102. The molecule has 1 N–H and O–H groups in total. The van der Waals surface area contributed by atoms with E-state index in [0.717, 1.165) is 21.4 Å². The van der Waals surface area contributed by atoms with E-state index in [-0.39, 0.29) is 5.91 Å². The van der Waals surface area contributed by atoms with Gasteiger partial charge < -0.3 is 5.32 Å². The van der Waals surface area contributed by atoms with E-state index in [0.29, 0.717) is 18.2 Å². The number of nitrogens with one attached hydrogen (secondary N) is 1. The van der Waals surface area contributed by atoms with E-state index in [2.05, 4.69) is 36.4 Å². The molecule has 0 aromatic carbocycles. The Morgan fingerprint density at radius 3 is 2.71 bits per heavy atom. The van der Waals surface area contributed by atoms with Crippen molar-refractivity contribution in [2.45, 2.75) is 27.4 Å². The molecule has 0 spiro atoms. The number of pyridine rings is 1. The molecule has 0 radical (unpaired) electrons. The predicted molar refractivity (Wildman–Crippen MR) is 94.0 cm³/mol. The maximum Gasteiger partial charge on any atom is 0.277 e. The van der Waals surface area contributed by atoms with Crippen molar-refractivity contribution in [3.8, 4) is 0 Å². The van der Waals surface area contributed by atoms with Gasteiger partial charge >= 0.3 is 0 Å². The summed E-state index contributed by atoms with van der Waals surface area (Å²) in [6.07, 6.45) is 3.40. The van der Waals surface area contributed by atoms with Crippen molar-refractivity contribution in [3.05, 3.63) is 57.7 Å². The van der Waals surface area contributed by atoms with Crippen LogP contribution in [0, 0.1) is 20.8 Å². The van der Waals surface area contributed by atoms with E-state index in [9.17, 15) is 4.79 Å². The van der Waals surface area contributed by atoms with Gasteiger partial charge in [0.1, 0.15) is 12.5 Å². The molecule has 0 aliphatic heterocycles. The first kappa shape index (κ1) is 16.4. The molecule has 124 valence electrons. The smallest absolute Gasteiger partial charge is 0.277 e. The fourth-order valence-corrected chi connectivity index (χ4v) is 2.58. The summed E-state index contributed by atoms with van der Waals surface area (Å²) < 4.78 is 4.49. The number of anilines is 1. The highest BCUT2D eigenvalue weighted by molar-refractivity contribution is 9.10. The summed E-state index contributed by atoms with van der Waals surface area (Å²) in [5.41, 5.74) is 3.17. The highest BCUT2D eigenvalue weighted by Gasteiger charge is 2.13. The van der Waals surface area contributed by atoms with Crippen LogP contribution in [-0.2, 0) is 6.67 Å². The lowest BCUT2D eigenvalue weighted by Crippen LogP contribution is -2.16. The van der Waals surface area contributed by atoms with Crippen LogP contribution in [-0.4, -0.2) is 30.5 Å². The number of aryl methyl sites for hydroxylation is 2. The molecule has 0 saturated heterocycles. The number of hydrogen-bond acceptors (Lipinski definition) is 4. The summed E-state index contributed by atoms with van der Waals surface area (Å²) >= 11 is 3.50. The number of carbonyl (C=O) groups is 1. The molecule has 0 atom stereocenters. The van der Waals surface area contributed by atoms with E-state index in [1.54, 1.807) is 23.1 Å². The van der Waals surface area contributed by atoms with E-state index < -0.39 is 0 Å². The van der Waals surface area contributed by atoms with Gasteiger partial charge in [0.15, 0.2) is 5.69 Å². The molecule has 3 rings (SSSR count). The second kappa shape index (κ2) is 6.56. The zero-order chi connectivity index (χ0) is 17.3. The van der Waals surface area contributed by atoms with Crippen LogP contribution in [0.2, 0.25) is 0 Å². The van der Waals surface area contributed by atoms with Gasteiger partial charge in [-0.2, -0.15) is 10.2 Å². The summed E-state index contributed by atoms with van der Waals surface area (Å²) in [5, 5.41) is 11.5. The first-order chi connectivity index (χ1) is 11.5. The highest BCUT2D eigenvalue weighted by atomic mass is 79.9. The van der Waals surface area contributed by atoms with Gasteiger partial charge in [0.25, 0.3) is 5.91 Å². The summed E-state index contributed by atoms with van der Waals surface area (Å²) in [6.45, 7) is 6.24. The van der Waals surface area contributed by atoms with Crippen LogP contribution in [0.5, 0.6) is 0 Å². The Kier molecular flexibility index (Phi) is 4.48. The lowest BCUT2D eigenvalue weighted by atomic mass is 10.3. The molecule has 3 aromatic heterocycles. The van der Waals surface area contributed by atoms with Crippen molar-refractivity contribution in [1.29, 1.82) is 0 Å². The van der Waals surface area contributed by atoms with Crippen molar-refractivity contribution in [3.63, 3.8) is 0 Å². The Morgan fingerprint density at radius 2 is 2.04 bits per heavy atom. The van der Waals surface area contributed by atoms with Gasteiger partial charge in [0.05, 0.1) is 15.9 Å². The zero-order valence-electron chi connectivity index (χ0n) is 13.6. The number of nitrogens with zero attached hydrogens (tertiary/aromatic N) is 5. The molecule has 3 heterocycles.